The zero-order chi connectivity index (χ0) is 20.7. The summed E-state index contributed by atoms with van der Waals surface area (Å²) >= 11 is 3.43. The minimum atomic E-state index is -1.14. The summed E-state index contributed by atoms with van der Waals surface area (Å²) in [5.74, 6) is 2.10. The second kappa shape index (κ2) is 7.40. The first-order chi connectivity index (χ1) is 14.1. The van der Waals surface area contributed by atoms with Gasteiger partial charge in [0.2, 0.25) is 9.62 Å². The molecule has 7 heteroatoms. The van der Waals surface area contributed by atoms with Crippen molar-refractivity contribution in [3.05, 3.63) is 47.2 Å². The van der Waals surface area contributed by atoms with Gasteiger partial charge in [0, 0.05) is 17.6 Å². The average molecular weight is 426 g/mol. The third-order valence-electron chi connectivity index (χ3n) is 6.55. The van der Waals surface area contributed by atoms with Crippen LogP contribution in [0.5, 0.6) is 0 Å². The third-order valence-corrected chi connectivity index (χ3v) is 9.47. The SMILES string of the molecule is CCSC1(SCC)[NH+]=C(N)[C@@]2(C#N)[C@@H](c3ccccc3)[NH2+]C3=C(CCC3)[C@]12C#N. The summed E-state index contributed by atoms with van der Waals surface area (Å²) in [6.07, 6.45) is 2.85. The topological polar surface area (TPSA) is 104 Å². The van der Waals surface area contributed by atoms with Crippen LogP contribution in [0.4, 0.5) is 0 Å². The number of nitriles is 2. The molecule has 0 spiro atoms. The predicted octanol–water partition coefficient (Wildman–Crippen LogP) is 1.37. The zero-order valence-electron chi connectivity index (χ0n) is 16.9. The normalized spacial score (nSPS) is 32.1. The molecule has 0 aromatic heterocycles. The van der Waals surface area contributed by atoms with Gasteiger partial charge >= 0.3 is 0 Å². The van der Waals surface area contributed by atoms with E-state index in [4.69, 9.17) is 5.73 Å². The monoisotopic (exact) mass is 425 g/mol. The largest absolute Gasteiger partial charge is 0.309 e. The standard InChI is InChI=1S/C22H25N5S2/c1-3-28-22(29-4-2)21(14-24)16-11-8-12-17(16)26-18(15-9-6-5-7-10-15)20(21,13-23)19(25)27-22/h5-7,9-10,18,26H,3-4,8,11-12H2,1-2H3,(H2,25,27)/p+2/t18-,20-,21+/m1/s1. The summed E-state index contributed by atoms with van der Waals surface area (Å²) < 4.78 is -0.669. The molecule has 0 bridgehead atoms. The molecular formula is C22H27N5S2+2. The highest BCUT2D eigenvalue weighted by Gasteiger charge is 2.82. The fraction of sp³-hybridized carbons (Fsp3) is 0.500. The van der Waals surface area contributed by atoms with Gasteiger partial charge in [-0.2, -0.15) is 10.5 Å². The van der Waals surface area contributed by atoms with Crippen molar-refractivity contribution in [3.8, 4) is 12.1 Å². The Balaban J connectivity index is 2.08. The lowest BCUT2D eigenvalue weighted by molar-refractivity contribution is -0.670. The first kappa shape index (κ1) is 20.3. The minimum Gasteiger partial charge on any atom is -0.309 e. The molecular weight excluding hydrogens is 398 g/mol. The highest BCUT2D eigenvalue weighted by molar-refractivity contribution is 8.17. The number of hydrogen-bond donors (Lipinski definition) is 3. The Morgan fingerprint density at radius 2 is 1.83 bits per heavy atom. The van der Waals surface area contributed by atoms with Crippen molar-refractivity contribution in [2.24, 2.45) is 16.6 Å². The maximum Gasteiger partial charge on any atom is 0.272 e. The number of nitrogens with zero attached hydrogens (tertiary/aromatic N) is 2. The number of benzene rings is 1. The highest BCUT2D eigenvalue weighted by atomic mass is 32.2. The van der Waals surface area contributed by atoms with Crippen molar-refractivity contribution in [2.75, 3.05) is 11.5 Å². The molecule has 29 heavy (non-hydrogen) atoms. The lowest BCUT2D eigenvalue weighted by Crippen LogP contribution is -2.91. The summed E-state index contributed by atoms with van der Waals surface area (Å²) in [7, 11) is 0. The summed E-state index contributed by atoms with van der Waals surface area (Å²) in [5, 5.41) is 23.8. The number of rotatable bonds is 5. The number of amidine groups is 1. The number of allylic oxidation sites excluding steroid dienone is 1. The van der Waals surface area contributed by atoms with Crippen LogP contribution in [-0.4, -0.2) is 21.5 Å². The van der Waals surface area contributed by atoms with E-state index in [1.165, 1.54) is 5.70 Å². The molecule has 5 nitrogen and oxygen atoms in total. The van der Waals surface area contributed by atoms with E-state index in [0.29, 0.717) is 5.84 Å². The van der Waals surface area contributed by atoms with Crippen molar-refractivity contribution < 1.29 is 10.3 Å². The van der Waals surface area contributed by atoms with Crippen molar-refractivity contribution in [1.29, 1.82) is 10.5 Å². The van der Waals surface area contributed by atoms with Crippen LogP contribution in [0, 0.1) is 33.5 Å². The van der Waals surface area contributed by atoms with Crippen molar-refractivity contribution in [1.82, 2.24) is 0 Å². The van der Waals surface area contributed by atoms with Crippen LogP contribution in [0.3, 0.4) is 0 Å². The van der Waals surface area contributed by atoms with E-state index in [-0.39, 0.29) is 6.04 Å². The average Bonchev–Trinajstić information content (AvgIpc) is 3.28. The molecule has 0 unspecified atom stereocenters. The molecule has 0 amide bonds. The molecule has 150 valence electrons. The van der Waals surface area contributed by atoms with E-state index in [1.807, 2.05) is 18.2 Å². The summed E-state index contributed by atoms with van der Waals surface area (Å²) in [5.41, 5.74) is 7.97. The molecule has 0 saturated heterocycles. The Morgan fingerprint density at radius 1 is 1.14 bits per heavy atom. The van der Waals surface area contributed by atoms with Gasteiger partial charge in [-0.25, -0.2) is 0 Å². The molecule has 4 rings (SSSR count). The number of nitrogens with one attached hydrogen (secondary N) is 1. The van der Waals surface area contributed by atoms with Crippen LogP contribution < -0.4 is 16.0 Å². The lowest BCUT2D eigenvalue weighted by atomic mass is 9.55. The summed E-state index contributed by atoms with van der Waals surface area (Å²) in [4.78, 5) is 3.53. The minimum absolute atomic E-state index is 0.255. The van der Waals surface area contributed by atoms with Crippen LogP contribution >= 0.6 is 23.5 Å². The van der Waals surface area contributed by atoms with Gasteiger partial charge in [0.15, 0.2) is 5.41 Å². The maximum atomic E-state index is 10.9. The number of quaternary nitrogens is 1. The molecule has 2 heterocycles. The Hall–Kier alpha value is -1.93. The van der Waals surface area contributed by atoms with Gasteiger partial charge in [0.1, 0.15) is 11.7 Å². The Labute approximate surface area is 180 Å². The highest BCUT2D eigenvalue weighted by Crippen LogP contribution is 2.66. The van der Waals surface area contributed by atoms with Crippen molar-refractivity contribution in [3.63, 3.8) is 0 Å². The van der Waals surface area contributed by atoms with E-state index in [9.17, 15) is 10.5 Å². The van der Waals surface area contributed by atoms with Crippen LogP contribution in [0.1, 0.15) is 44.7 Å². The van der Waals surface area contributed by atoms with Crippen molar-refractivity contribution in [2.45, 2.75) is 43.4 Å². The number of fused-ring (bicyclic) bond motifs is 2. The van der Waals surface area contributed by atoms with E-state index in [2.05, 4.69) is 48.4 Å². The fourth-order valence-electron chi connectivity index (χ4n) is 5.56. The molecule has 3 atom stereocenters. The van der Waals surface area contributed by atoms with Gasteiger partial charge in [-0.3, -0.25) is 10.7 Å². The quantitative estimate of drug-likeness (QED) is 0.618. The van der Waals surface area contributed by atoms with E-state index >= 15 is 0 Å². The maximum absolute atomic E-state index is 10.9. The van der Waals surface area contributed by atoms with Crippen molar-refractivity contribution >= 4 is 29.4 Å². The molecule has 3 aliphatic rings. The predicted molar refractivity (Wildman–Crippen MR) is 117 cm³/mol. The van der Waals surface area contributed by atoms with Gasteiger partial charge in [-0.1, -0.05) is 67.7 Å². The smallest absolute Gasteiger partial charge is 0.272 e. The Morgan fingerprint density at radius 3 is 2.41 bits per heavy atom. The van der Waals surface area contributed by atoms with Gasteiger partial charge in [0.25, 0.3) is 5.84 Å². The van der Waals surface area contributed by atoms with Gasteiger partial charge in [-0.05, 0) is 24.3 Å². The van der Waals surface area contributed by atoms with Crippen LogP contribution in [0.25, 0.3) is 0 Å². The van der Waals surface area contributed by atoms with Crippen LogP contribution in [-0.2, 0) is 0 Å². The van der Waals surface area contributed by atoms with Crippen LogP contribution in [0.2, 0.25) is 0 Å². The zero-order valence-corrected chi connectivity index (χ0v) is 18.5. The van der Waals surface area contributed by atoms with Gasteiger partial charge < -0.3 is 5.32 Å². The fourth-order valence-corrected chi connectivity index (χ4v) is 8.87. The molecule has 0 fully saturated rings. The second-order valence-electron chi connectivity index (χ2n) is 7.72. The second-order valence-corrected chi connectivity index (χ2v) is 10.9. The first-order valence-corrected chi connectivity index (χ1v) is 12.2. The molecule has 1 aromatic rings. The molecule has 1 aliphatic carbocycles. The molecule has 1 aromatic carbocycles. The van der Waals surface area contributed by atoms with E-state index < -0.39 is 15.0 Å². The van der Waals surface area contributed by atoms with Gasteiger partial charge in [-0.15, -0.1) is 0 Å². The van der Waals surface area contributed by atoms with Gasteiger partial charge in [0.05, 0.1) is 12.1 Å². The third kappa shape index (κ3) is 2.42. The Bertz CT molecular complexity index is 952. The van der Waals surface area contributed by atoms with Crippen LogP contribution in [0.15, 0.2) is 41.6 Å². The first-order valence-electron chi connectivity index (χ1n) is 10.2. The lowest BCUT2D eigenvalue weighted by Gasteiger charge is -2.47. The summed E-state index contributed by atoms with van der Waals surface area (Å²) in [6.45, 7) is 4.21. The molecule has 0 saturated carbocycles. The van der Waals surface area contributed by atoms with E-state index in [1.54, 1.807) is 23.5 Å². The number of nitrogens with two attached hydrogens (primary N) is 2. The Kier molecular flexibility index (Phi) is 5.19. The van der Waals surface area contributed by atoms with E-state index in [0.717, 1.165) is 41.9 Å². The number of thioether (sulfide) groups is 2. The molecule has 5 N–H and O–H groups in total. The molecule has 2 aliphatic heterocycles. The summed E-state index contributed by atoms with van der Waals surface area (Å²) in [6, 6.07) is 15.2. The number of hydrogen-bond acceptors (Lipinski definition) is 5. The molecule has 0 radical (unpaired) electrons.